The maximum atomic E-state index is 12.9. The van der Waals surface area contributed by atoms with Gasteiger partial charge in [0, 0.05) is 26.3 Å². The van der Waals surface area contributed by atoms with E-state index in [0.29, 0.717) is 30.3 Å². The fraction of sp³-hybridized carbons (Fsp3) is 0.370. The molecule has 0 aliphatic rings. The predicted molar refractivity (Wildman–Crippen MR) is 166 cm³/mol. The summed E-state index contributed by atoms with van der Waals surface area (Å²) < 4.78 is 31.6. The van der Waals surface area contributed by atoms with Gasteiger partial charge < -0.3 is 30.5 Å². The Balaban J connectivity index is 2.03. The molecule has 0 saturated carbocycles. The number of hydrogen-bond acceptors (Lipinski definition) is 12. The van der Waals surface area contributed by atoms with Gasteiger partial charge in [-0.25, -0.2) is 18.4 Å². The van der Waals surface area contributed by atoms with Gasteiger partial charge in [-0.1, -0.05) is 18.2 Å². The van der Waals surface area contributed by atoms with Crippen molar-refractivity contribution in [3.8, 4) is 5.88 Å². The molecule has 0 radical (unpaired) electrons. The topological polar surface area (TPSA) is 155 Å². The van der Waals surface area contributed by atoms with Gasteiger partial charge in [0.1, 0.15) is 10.7 Å². The normalized spacial score (nSPS) is 11.4. The number of amides is 1. The molecule has 3 N–H and O–H groups in total. The lowest BCUT2D eigenvalue weighted by Crippen LogP contribution is -2.30. The molecule has 0 saturated heterocycles. The van der Waals surface area contributed by atoms with Crippen molar-refractivity contribution in [1.29, 1.82) is 0 Å². The quantitative estimate of drug-likeness (QED) is 0.223. The maximum absolute atomic E-state index is 12.9. The van der Waals surface area contributed by atoms with Gasteiger partial charge in [-0.05, 0) is 59.1 Å². The van der Waals surface area contributed by atoms with Gasteiger partial charge in [0.05, 0.1) is 29.4 Å². The van der Waals surface area contributed by atoms with Crippen LogP contribution in [0.2, 0.25) is 5.02 Å². The fourth-order valence-corrected chi connectivity index (χ4v) is 4.76. The molecular formula is C27H36ClN9O4S. The van der Waals surface area contributed by atoms with Crippen LogP contribution in [0, 0.1) is 0 Å². The summed E-state index contributed by atoms with van der Waals surface area (Å²) in [6, 6.07) is 4.84. The molecule has 42 heavy (non-hydrogen) atoms. The lowest BCUT2D eigenvalue weighted by molar-refractivity contribution is -0.111. The van der Waals surface area contributed by atoms with Gasteiger partial charge in [0.25, 0.3) is 0 Å². The maximum Gasteiger partial charge on any atom is 0.247 e. The molecule has 15 heteroatoms. The number of ether oxygens (including phenoxy) is 1. The second-order valence-electron chi connectivity index (χ2n) is 9.65. The monoisotopic (exact) mass is 617 g/mol. The summed E-state index contributed by atoms with van der Waals surface area (Å²) in [7, 11) is 2.10. The minimum Gasteiger partial charge on any atom is -0.476 e. The highest BCUT2D eigenvalue weighted by Crippen LogP contribution is 2.35. The molecule has 0 unspecified atom stereocenters. The minimum absolute atomic E-state index is 0.108. The third-order valence-electron chi connectivity index (χ3n) is 5.84. The Labute approximate surface area is 251 Å². The highest BCUT2D eigenvalue weighted by molar-refractivity contribution is 7.92. The highest BCUT2D eigenvalue weighted by Gasteiger charge is 2.25. The third-order valence-corrected chi connectivity index (χ3v) is 8.22. The van der Waals surface area contributed by atoms with Crippen LogP contribution >= 0.6 is 11.6 Å². The van der Waals surface area contributed by atoms with Crippen LogP contribution < -0.4 is 25.6 Å². The van der Waals surface area contributed by atoms with Crippen molar-refractivity contribution < 1.29 is 17.9 Å². The molecule has 3 aromatic rings. The average molecular weight is 618 g/mol. The zero-order chi connectivity index (χ0) is 31.0. The molecule has 3 rings (SSSR count). The van der Waals surface area contributed by atoms with E-state index >= 15 is 0 Å². The molecule has 13 nitrogen and oxygen atoms in total. The Hall–Kier alpha value is -4.01. The summed E-state index contributed by atoms with van der Waals surface area (Å²) in [4.78, 5) is 33.7. The largest absolute Gasteiger partial charge is 0.476 e. The van der Waals surface area contributed by atoms with Crippen LogP contribution in [0.5, 0.6) is 5.88 Å². The Kier molecular flexibility index (Phi) is 11.0. The van der Waals surface area contributed by atoms with Gasteiger partial charge in [-0.15, -0.1) is 0 Å². The summed E-state index contributed by atoms with van der Waals surface area (Å²) >= 11 is 6.38. The van der Waals surface area contributed by atoms with Crippen molar-refractivity contribution in [3.05, 3.63) is 48.3 Å². The number of sulfone groups is 1. The molecule has 0 aliphatic heterocycles. The number of carbonyl (C=O) groups is 1. The van der Waals surface area contributed by atoms with Gasteiger partial charge >= 0.3 is 0 Å². The number of halogens is 1. The van der Waals surface area contributed by atoms with Crippen molar-refractivity contribution in [2.75, 3.05) is 61.7 Å². The van der Waals surface area contributed by atoms with E-state index in [1.54, 1.807) is 32.0 Å². The van der Waals surface area contributed by atoms with E-state index in [1.165, 1.54) is 18.5 Å². The molecule has 226 valence electrons. The number of nitrogens with zero attached hydrogens (tertiary/aromatic N) is 6. The summed E-state index contributed by atoms with van der Waals surface area (Å²) in [5, 5.41) is 8.19. The fourth-order valence-electron chi connectivity index (χ4n) is 3.55. The number of anilines is 6. The van der Waals surface area contributed by atoms with Crippen LogP contribution in [0.4, 0.5) is 34.6 Å². The number of pyridine rings is 2. The van der Waals surface area contributed by atoms with E-state index < -0.39 is 21.0 Å². The number of likely N-dealkylation sites (N-methyl/N-ethyl adjacent to an activating group) is 2. The molecule has 1 amide bonds. The van der Waals surface area contributed by atoms with E-state index in [0.717, 1.165) is 6.54 Å². The molecule has 3 heterocycles. The van der Waals surface area contributed by atoms with Crippen molar-refractivity contribution in [1.82, 2.24) is 24.8 Å². The van der Waals surface area contributed by atoms with Crippen LogP contribution in [-0.2, 0) is 14.6 Å². The summed E-state index contributed by atoms with van der Waals surface area (Å²) in [5.74, 6) is 0.597. The molecule has 0 atom stereocenters. The number of aromatic nitrogens is 4. The van der Waals surface area contributed by atoms with Crippen molar-refractivity contribution in [2.45, 2.75) is 31.0 Å². The van der Waals surface area contributed by atoms with Gasteiger partial charge in [0.15, 0.2) is 26.5 Å². The second-order valence-corrected chi connectivity index (χ2v) is 12.5. The van der Waals surface area contributed by atoms with E-state index in [2.05, 4.69) is 42.5 Å². The van der Waals surface area contributed by atoms with Gasteiger partial charge in [-0.2, -0.15) is 9.97 Å². The van der Waals surface area contributed by atoms with E-state index in [9.17, 15) is 13.2 Å². The van der Waals surface area contributed by atoms with E-state index in [4.69, 9.17) is 16.3 Å². The summed E-state index contributed by atoms with van der Waals surface area (Å²) in [5.41, 5.74) is 1.01. The first kappa shape index (κ1) is 32.5. The first-order chi connectivity index (χ1) is 19.9. The molecule has 0 fully saturated rings. The van der Waals surface area contributed by atoms with Crippen LogP contribution in [0.25, 0.3) is 0 Å². The molecule has 0 aliphatic carbocycles. The highest BCUT2D eigenvalue weighted by atomic mass is 35.5. The molecular weight excluding hydrogens is 582 g/mol. The number of nitrogens with one attached hydrogen (secondary N) is 3. The molecule has 0 spiro atoms. The number of hydrogen-bond donors (Lipinski definition) is 3. The zero-order valence-electron chi connectivity index (χ0n) is 24.5. The number of rotatable bonds is 14. The lowest BCUT2D eigenvalue weighted by atomic mass is 10.3. The third kappa shape index (κ3) is 8.05. The van der Waals surface area contributed by atoms with Crippen molar-refractivity contribution in [3.63, 3.8) is 0 Å². The van der Waals surface area contributed by atoms with Gasteiger partial charge in [0.2, 0.25) is 17.7 Å². The minimum atomic E-state index is -3.70. The standard InChI is InChI=1S/C27H36ClN9O4S/c1-8-22(38)31-20-15-21(25(41-9-2)35-24(20)37(7)14-13-36(5)6)33-27-30-16-18(28)23(34-27)32-19-11-10-12-29-26(19)42(39,40)17(3)4/h8,10-12,15-17H,1,9,13-14H2,2-7H3,(H,31,38)(H2,30,32,33,34). The first-order valence-corrected chi connectivity index (χ1v) is 15.0. The first-order valence-electron chi connectivity index (χ1n) is 13.1. The van der Waals surface area contributed by atoms with Crippen LogP contribution in [0.3, 0.4) is 0 Å². The summed E-state index contributed by atoms with van der Waals surface area (Å²) in [6.07, 6.45) is 3.94. The van der Waals surface area contributed by atoms with Crippen molar-refractivity contribution in [2.24, 2.45) is 0 Å². The molecule has 0 aromatic carbocycles. The van der Waals surface area contributed by atoms with Crippen LogP contribution in [0.15, 0.2) is 48.3 Å². The Morgan fingerprint density at radius 1 is 1.12 bits per heavy atom. The number of carbonyl (C=O) groups excluding carboxylic acids is 1. The van der Waals surface area contributed by atoms with E-state index in [-0.39, 0.29) is 33.4 Å². The van der Waals surface area contributed by atoms with Crippen LogP contribution in [-0.4, -0.2) is 85.3 Å². The van der Waals surface area contributed by atoms with Gasteiger partial charge in [-0.3, -0.25) is 4.79 Å². The SMILES string of the molecule is C=CC(=O)Nc1cc(Nc2ncc(Cl)c(Nc3cccnc3S(=O)(=O)C(C)C)n2)c(OCC)nc1N(C)CCN(C)C. The zero-order valence-corrected chi connectivity index (χ0v) is 26.0. The Morgan fingerprint density at radius 2 is 1.86 bits per heavy atom. The molecule has 0 bridgehead atoms. The lowest BCUT2D eigenvalue weighted by Gasteiger charge is -2.24. The Bertz CT molecular complexity index is 1530. The second kappa shape index (κ2) is 14.2. The molecule has 3 aromatic heterocycles. The smallest absolute Gasteiger partial charge is 0.247 e. The van der Waals surface area contributed by atoms with E-state index in [1.807, 2.05) is 37.9 Å². The average Bonchev–Trinajstić information content (AvgIpc) is 2.94. The van der Waals surface area contributed by atoms with Crippen molar-refractivity contribution >= 4 is 62.0 Å². The predicted octanol–water partition coefficient (Wildman–Crippen LogP) is 4.11. The summed E-state index contributed by atoms with van der Waals surface area (Å²) in [6.45, 7) is 10.2. The van der Waals surface area contributed by atoms with Crippen LogP contribution in [0.1, 0.15) is 20.8 Å². The Morgan fingerprint density at radius 3 is 2.50 bits per heavy atom.